The van der Waals surface area contributed by atoms with E-state index in [0.29, 0.717) is 13.1 Å². The fourth-order valence-electron chi connectivity index (χ4n) is 5.31. The summed E-state index contributed by atoms with van der Waals surface area (Å²) in [6.45, 7) is 4.10. The van der Waals surface area contributed by atoms with Gasteiger partial charge < -0.3 is 20.2 Å². The number of carboxylic acid groups (broad SMARTS) is 1. The lowest BCUT2D eigenvalue weighted by Gasteiger charge is -2.61. The molecule has 1 unspecified atom stereocenters. The maximum Gasteiger partial charge on any atom is 0.303 e. The molecule has 1 spiro atoms. The Balaban J connectivity index is 1.19. The maximum atomic E-state index is 14.8. The van der Waals surface area contributed by atoms with Crippen LogP contribution in [-0.4, -0.2) is 66.6 Å². The fraction of sp³-hybridized carbons (Fsp3) is 0.625. The summed E-state index contributed by atoms with van der Waals surface area (Å²) >= 11 is 0. The molecule has 3 aliphatic rings. The summed E-state index contributed by atoms with van der Waals surface area (Å²) in [5, 5.41) is 13.7. The van der Waals surface area contributed by atoms with Gasteiger partial charge in [0, 0.05) is 50.1 Å². The van der Waals surface area contributed by atoms with E-state index < -0.39 is 29.6 Å². The van der Waals surface area contributed by atoms with Crippen molar-refractivity contribution < 1.29 is 28.3 Å². The van der Waals surface area contributed by atoms with E-state index in [0.717, 1.165) is 51.7 Å². The Morgan fingerprint density at radius 1 is 1.06 bits per heavy atom. The van der Waals surface area contributed by atoms with Gasteiger partial charge in [0.1, 0.15) is 11.7 Å². The lowest BCUT2D eigenvalue weighted by atomic mass is 9.72. The zero-order chi connectivity index (χ0) is 24.3. The molecular weight excluding hydrogens is 446 g/mol. The molecule has 8 nitrogen and oxygen atoms in total. The number of hydrogen-bond acceptors (Lipinski definition) is 6. The molecule has 1 aromatic carbocycles. The van der Waals surface area contributed by atoms with Gasteiger partial charge in [0.25, 0.3) is 0 Å². The number of carboxylic acids is 1. The van der Waals surface area contributed by atoms with Crippen molar-refractivity contribution in [3.8, 4) is 0 Å². The first-order valence-corrected chi connectivity index (χ1v) is 12.0. The van der Waals surface area contributed by atoms with Crippen molar-refractivity contribution in [2.45, 2.75) is 57.4 Å². The molecule has 34 heavy (non-hydrogen) atoms. The van der Waals surface area contributed by atoms with Crippen LogP contribution in [0.2, 0.25) is 0 Å². The van der Waals surface area contributed by atoms with Gasteiger partial charge in [-0.1, -0.05) is 19.3 Å². The molecule has 3 heterocycles. The van der Waals surface area contributed by atoms with Gasteiger partial charge in [0.15, 0.2) is 11.6 Å². The van der Waals surface area contributed by atoms with Crippen molar-refractivity contribution in [2.75, 3.05) is 42.9 Å². The number of rotatable bonds is 11. The zero-order valence-electron chi connectivity index (χ0n) is 19.2. The van der Waals surface area contributed by atoms with Gasteiger partial charge in [-0.2, -0.15) is 0 Å². The summed E-state index contributed by atoms with van der Waals surface area (Å²) in [7, 11) is 0. The lowest BCUT2D eigenvalue weighted by molar-refractivity contribution is -0.137. The average Bonchev–Trinajstić information content (AvgIpc) is 2.70. The van der Waals surface area contributed by atoms with Crippen LogP contribution in [0, 0.1) is 17.0 Å². The molecule has 1 aromatic rings. The molecule has 0 aliphatic carbocycles. The lowest BCUT2D eigenvalue weighted by Crippen LogP contribution is -2.72. The predicted molar refractivity (Wildman–Crippen MR) is 123 cm³/mol. The minimum Gasteiger partial charge on any atom is -0.481 e. The van der Waals surface area contributed by atoms with Gasteiger partial charge in [-0.05, 0) is 37.9 Å². The van der Waals surface area contributed by atoms with E-state index in [4.69, 9.17) is 5.11 Å². The second-order valence-corrected chi connectivity index (χ2v) is 9.91. The first-order chi connectivity index (χ1) is 16.2. The van der Waals surface area contributed by atoms with E-state index in [1.807, 2.05) is 0 Å². The monoisotopic (exact) mass is 478 g/mol. The number of unbranched alkanes of at least 4 members (excludes halogenated alkanes) is 4. The van der Waals surface area contributed by atoms with Crippen LogP contribution in [-0.2, 0) is 14.4 Å². The minimum absolute atomic E-state index is 0.0285. The number of nitrogens with one attached hydrogen (secondary N) is 2. The predicted octanol–water partition coefficient (Wildman–Crippen LogP) is 2.73. The van der Waals surface area contributed by atoms with Crippen molar-refractivity contribution in [3.63, 3.8) is 0 Å². The molecular formula is C24H32F2N4O4. The molecule has 10 heteroatoms. The van der Waals surface area contributed by atoms with Crippen LogP contribution in [0.1, 0.15) is 51.4 Å². The quantitative estimate of drug-likeness (QED) is 0.332. The smallest absolute Gasteiger partial charge is 0.303 e. The van der Waals surface area contributed by atoms with Crippen LogP contribution in [0.3, 0.4) is 0 Å². The highest BCUT2D eigenvalue weighted by atomic mass is 19.1. The Labute approximate surface area is 197 Å². The normalized spacial score (nSPS) is 21.7. The van der Waals surface area contributed by atoms with Crippen LogP contribution in [0.15, 0.2) is 12.1 Å². The summed E-state index contributed by atoms with van der Waals surface area (Å²) in [5.41, 5.74) is 0.254. The fourth-order valence-corrected chi connectivity index (χ4v) is 5.31. The van der Waals surface area contributed by atoms with E-state index in [1.165, 1.54) is 12.1 Å². The van der Waals surface area contributed by atoms with Crippen molar-refractivity contribution >= 4 is 29.2 Å². The molecule has 3 saturated heterocycles. The molecule has 3 fully saturated rings. The number of hydrogen-bond donors (Lipinski definition) is 3. The van der Waals surface area contributed by atoms with Crippen molar-refractivity contribution in [3.05, 3.63) is 23.8 Å². The van der Waals surface area contributed by atoms with Crippen LogP contribution in [0.4, 0.5) is 20.2 Å². The first kappa shape index (κ1) is 24.4. The molecule has 0 saturated carbocycles. The van der Waals surface area contributed by atoms with E-state index >= 15 is 0 Å². The number of likely N-dealkylation sites (tertiary alicyclic amines) is 1. The number of anilines is 2. The van der Waals surface area contributed by atoms with Gasteiger partial charge in [0.2, 0.25) is 11.8 Å². The third kappa shape index (κ3) is 5.65. The van der Waals surface area contributed by atoms with Gasteiger partial charge in [-0.25, -0.2) is 8.78 Å². The average molecular weight is 479 g/mol. The number of carbonyl (C=O) groups is 3. The highest BCUT2D eigenvalue weighted by molar-refractivity contribution is 6.01. The standard InChI is InChI=1S/C24H32F2N4O4/c25-17-10-16(27-19-7-8-20(31)28-23(19)34)11-18(26)22(17)30-14-24(15-30)12-29(13-24)9-5-3-1-2-4-6-21(32)33/h10-11,19,27H,1-9,12-15H2,(H,32,33)(H,28,31,34). The number of aliphatic carboxylic acids is 1. The highest BCUT2D eigenvalue weighted by Gasteiger charge is 2.52. The number of piperidine rings is 1. The van der Waals surface area contributed by atoms with Crippen molar-refractivity contribution in [1.82, 2.24) is 10.2 Å². The van der Waals surface area contributed by atoms with Crippen LogP contribution in [0.5, 0.6) is 0 Å². The van der Waals surface area contributed by atoms with E-state index in [-0.39, 0.29) is 42.0 Å². The first-order valence-electron chi connectivity index (χ1n) is 12.0. The Bertz CT molecular complexity index is 920. The summed E-state index contributed by atoms with van der Waals surface area (Å²) in [6, 6.07) is 1.72. The molecule has 0 aromatic heterocycles. The van der Waals surface area contributed by atoms with Crippen molar-refractivity contribution in [1.29, 1.82) is 0 Å². The van der Waals surface area contributed by atoms with Crippen LogP contribution in [0.25, 0.3) is 0 Å². The van der Waals surface area contributed by atoms with Crippen LogP contribution < -0.4 is 15.5 Å². The third-order valence-electron chi connectivity index (χ3n) is 6.95. The molecule has 3 aliphatic heterocycles. The van der Waals surface area contributed by atoms with E-state index in [2.05, 4.69) is 15.5 Å². The number of carbonyl (C=O) groups excluding carboxylic acids is 2. The largest absolute Gasteiger partial charge is 0.481 e. The van der Waals surface area contributed by atoms with Crippen molar-refractivity contribution in [2.24, 2.45) is 5.41 Å². The highest BCUT2D eigenvalue weighted by Crippen LogP contribution is 2.43. The zero-order valence-corrected chi connectivity index (χ0v) is 19.2. The van der Waals surface area contributed by atoms with Gasteiger partial charge in [-0.3, -0.25) is 19.7 Å². The number of nitrogens with zero attached hydrogens (tertiary/aromatic N) is 2. The summed E-state index contributed by atoms with van der Waals surface area (Å²) in [6.07, 6.45) is 5.61. The number of halogens is 2. The van der Waals surface area contributed by atoms with E-state index in [9.17, 15) is 23.2 Å². The molecule has 0 radical (unpaired) electrons. The number of benzene rings is 1. The van der Waals surface area contributed by atoms with E-state index in [1.54, 1.807) is 4.90 Å². The molecule has 2 amide bonds. The SMILES string of the molecule is O=C(O)CCCCCCCN1CC2(C1)CN(c1c(F)cc(NC3CCC(=O)NC3=O)cc1F)C2. The number of imide groups is 1. The second kappa shape index (κ2) is 10.2. The molecule has 0 bridgehead atoms. The molecule has 1 atom stereocenters. The van der Waals surface area contributed by atoms with Gasteiger partial charge in [-0.15, -0.1) is 0 Å². The minimum atomic E-state index is -0.736. The maximum absolute atomic E-state index is 14.8. The summed E-state index contributed by atoms with van der Waals surface area (Å²) in [4.78, 5) is 37.7. The molecule has 3 N–H and O–H groups in total. The Morgan fingerprint density at radius 3 is 2.35 bits per heavy atom. The van der Waals surface area contributed by atoms with Gasteiger partial charge in [0.05, 0.1) is 0 Å². The van der Waals surface area contributed by atoms with Crippen LogP contribution >= 0.6 is 0 Å². The topological polar surface area (TPSA) is 102 Å². The molecule has 186 valence electrons. The summed E-state index contributed by atoms with van der Waals surface area (Å²) < 4.78 is 29.5. The Morgan fingerprint density at radius 2 is 1.71 bits per heavy atom. The third-order valence-corrected chi connectivity index (χ3v) is 6.95. The summed E-state index contributed by atoms with van der Waals surface area (Å²) in [5.74, 6) is -2.89. The second-order valence-electron chi connectivity index (χ2n) is 9.91. The Kier molecular flexibility index (Phi) is 7.35. The van der Waals surface area contributed by atoms with Gasteiger partial charge >= 0.3 is 5.97 Å². The number of amides is 2. The Hall–Kier alpha value is -2.75. The molecule has 4 rings (SSSR count).